The van der Waals surface area contributed by atoms with Crippen LogP contribution in [0.25, 0.3) is 0 Å². The van der Waals surface area contributed by atoms with Gasteiger partial charge in [-0.3, -0.25) is 0 Å². The van der Waals surface area contributed by atoms with Gasteiger partial charge in [-0.25, -0.2) is 8.42 Å². The first kappa shape index (κ1) is 11.2. The minimum atomic E-state index is -3.00. The van der Waals surface area contributed by atoms with Crippen molar-refractivity contribution in [1.82, 2.24) is 0 Å². The summed E-state index contributed by atoms with van der Waals surface area (Å²) in [5.41, 5.74) is 8.16. The molecule has 92 valence electrons. The molecule has 3 rings (SSSR count). The molecule has 0 aromatic heterocycles. The fourth-order valence-corrected chi connectivity index (χ4v) is 4.02. The molecule has 3 nitrogen and oxygen atoms in total. The highest BCUT2D eigenvalue weighted by Crippen LogP contribution is 2.37. The van der Waals surface area contributed by atoms with E-state index in [2.05, 4.69) is 0 Å². The Hall–Kier alpha value is -0.870. The van der Waals surface area contributed by atoms with Crippen molar-refractivity contribution in [3.05, 3.63) is 29.3 Å². The molecule has 0 spiro atoms. The highest BCUT2D eigenvalue weighted by molar-refractivity contribution is 7.91. The molecule has 1 aromatic carbocycles. The summed E-state index contributed by atoms with van der Waals surface area (Å²) in [6.45, 7) is 0. The maximum atomic E-state index is 11.8. The monoisotopic (exact) mass is 251 g/mol. The highest BCUT2D eigenvalue weighted by Gasteiger charge is 2.37. The van der Waals surface area contributed by atoms with Crippen molar-refractivity contribution in [2.75, 3.05) is 5.75 Å². The van der Waals surface area contributed by atoms with E-state index in [0.717, 1.165) is 36.8 Å². The zero-order valence-corrected chi connectivity index (χ0v) is 10.6. The normalized spacial score (nSPS) is 23.4. The van der Waals surface area contributed by atoms with Crippen LogP contribution in [0.1, 0.15) is 30.4 Å². The first-order chi connectivity index (χ1) is 7.99. The lowest BCUT2D eigenvalue weighted by Crippen LogP contribution is -2.22. The van der Waals surface area contributed by atoms with E-state index in [0.29, 0.717) is 11.3 Å². The van der Waals surface area contributed by atoms with Crippen LogP contribution in [0.5, 0.6) is 0 Å². The summed E-state index contributed by atoms with van der Waals surface area (Å²) < 4.78 is 23.6. The molecule has 0 bridgehead atoms. The average Bonchev–Trinajstić information content (AvgIpc) is 2.95. The summed E-state index contributed by atoms with van der Waals surface area (Å²) in [5, 5.41) is 0. The fourth-order valence-electron chi connectivity index (χ4n) is 2.41. The molecule has 4 heteroatoms. The molecule has 1 aliphatic carbocycles. The Morgan fingerprint density at radius 1 is 1.29 bits per heavy atom. The summed E-state index contributed by atoms with van der Waals surface area (Å²) in [7, 11) is -3.00. The van der Waals surface area contributed by atoms with Gasteiger partial charge in [0.1, 0.15) is 0 Å². The van der Waals surface area contributed by atoms with Crippen molar-refractivity contribution >= 4 is 9.84 Å². The van der Waals surface area contributed by atoms with Crippen LogP contribution in [0, 0.1) is 0 Å². The van der Waals surface area contributed by atoms with Crippen LogP contribution >= 0.6 is 0 Å². The lowest BCUT2D eigenvalue weighted by Gasteiger charge is -2.09. The molecule has 2 N–H and O–H groups in total. The summed E-state index contributed by atoms with van der Waals surface area (Å²) in [5.74, 6) is 0.270. The smallest absolute Gasteiger partial charge is 0.178 e. The van der Waals surface area contributed by atoms with Gasteiger partial charge in [0.05, 0.1) is 10.6 Å². The molecule has 0 saturated heterocycles. The maximum Gasteiger partial charge on any atom is 0.178 e. The van der Waals surface area contributed by atoms with E-state index >= 15 is 0 Å². The molecule has 17 heavy (non-hydrogen) atoms. The SMILES string of the molecule is NC1(CCc2ccc3c(c2)S(=O)(=O)CC3)CC1. The van der Waals surface area contributed by atoms with Crippen molar-refractivity contribution in [3.8, 4) is 0 Å². The van der Waals surface area contributed by atoms with Gasteiger partial charge in [0, 0.05) is 5.54 Å². The second kappa shape index (κ2) is 3.56. The van der Waals surface area contributed by atoms with Gasteiger partial charge in [-0.15, -0.1) is 0 Å². The number of hydrogen-bond acceptors (Lipinski definition) is 3. The first-order valence-electron chi connectivity index (χ1n) is 6.12. The van der Waals surface area contributed by atoms with Crippen molar-refractivity contribution in [1.29, 1.82) is 0 Å². The number of nitrogens with two attached hydrogens (primary N) is 1. The van der Waals surface area contributed by atoms with Gasteiger partial charge < -0.3 is 5.73 Å². The lowest BCUT2D eigenvalue weighted by atomic mass is 10.0. The van der Waals surface area contributed by atoms with Crippen molar-refractivity contribution in [3.63, 3.8) is 0 Å². The van der Waals surface area contributed by atoms with Gasteiger partial charge in [-0.2, -0.15) is 0 Å². The van der Waals surface area contributed by atoms with Crippen molar-refractivity contribution < 1.29 is 8.42 Å². The molecule has 2 aliphatic rings. The second-order valence-electron chi connectivity index (χ2n) is 5.37. The number of fused-ring (bicyclic) bond motifs is 1. The van der Waals surface area contributed by atoms with Crippen LogP contribution in [0.3, 0.4) is 0 Å². The predicted molar refractivity (Wildman–Crippen MR) is 66.7 cm³/mol. The number of hydrogen-bond donors (Lipinski definition) is 1. The molecule has 1 heterocycles. The molecule has 1 saturated carbocycles. The Kier molecular flexibility index (Phi) is 2.35. The topological polar surface area (TPSA) is 60.2 Å². The molecule has 0 atom stereocenters. The average molecular weight is 251 g/mol. The highest BCUT2D eigenvalue weighted by atomic mass is 32.2. The van der Waals surface area contributed by atoms with Gasteiger partial charge in [-0.1, -0.05) is 12.1 Å². The fraction of sp³-hybridized carbons (Fsp3) is 0.538. The molecule has 1 aliphatic heterocycles. The van der Waals surface area contributed by atoms with E-state index in [4.69, 9.17) is 5.73 Å². The van der Waals surface area contributed by atoms with E-state index in [9.17, 15) is 8.42 Å². The number of benzene rings is 1. The minimum absolute atomic E-state index is 0.0396. The standard InChI is InChI=1S/C13H17NO2S/c14-13(6-7-13)5-3-10-1-2-11-4-8-17(15,16)12(11)9-10/h1-2,9H,3-8,14H2. The van der Waals surface area contributed by atoms with Crippen molar-refractivity contribution in [2.24, 2.45) is 5.73 Å². The Labute approximate surface area is 102 Å². The van der Waals surface area contributed by atoms with E-state index in [1.54, 1.807) is 0 Å². The van der Waals surface area contributed by atoms with Gasteiger partial charge in [0.25, 0.3) is 0 Å². The molecular formula is C13H17NO2S. The lowest BCUT2D eigenvalue weighted by molar-refractivity contribution is 0.599. The molecule has 1 fully saturated rings. The number of sulfone groups is 1. The Morgan fingerprint density at radius 2 is 2.06 bits per heavy atom. The Bertz CT molecular complexity index is 559. The van der Waals surface area contributed by atoms with Crippen LogP contribution in [0.4, 0.5) is 0 Å². The Morgan fingerprint density at radius 3 is 2.76 bits per heavy atom. The van der Waals surface area contributed by atoms with Gasteiger partial charge >= 0.3 is 0 Å². The quantitative estimate of drug-likeness (QED) is 0.884. The first-order valence-corrected chi connectivity index (χ1v) is 7.77. The van der Waals surface area contributed by atoms with Crippen LogP contribution in [0.2, 0.25) is 0 Å². The molecular weight excluding hydrogens is 234 g/mol. The summed E-state index contributed by atoms with van der Waals surface area (Å²) in [4.78, 5) is 0.553. The third kappa shape index (κ3) is 2.11. The zero-order valence-electron chi connectivity index (χ0n) is 9.78. The third-order valence-corrected chi connectivity index (χ3v) is 5.70. The van der Waals surface area contributed by atoms with E-state index in [1.807, 2.05) is 18.2 Å². The predicted octanol–water partition coefficient (Wildman–Crippen LogP) is 1.44. The van der Waals surface area contributed by atoms with Crippen LogP contribution < -0.4 is 5.73 Å². The van der Waals surface area contributed by atoms with Gasteiger partial charge in [0.15, 0.2) is 9.84 Å². The minimum Gasteiger partial charge on any atom is -0.325 e. The summed E-state index contributed by atoms with van der Waals surface area (Å²) in [6.07, 6.45) is 4.73. The molecule has 0 amide bonds. The van der Waals surface area contributed by atoms with Crippen molar-refractivity contribution in [2.45, 2.75) is 42.5 Å². The largest absolute Gasteiger partial charge is 0.325 e. The van der Waals surface area contributed by atoms with E-state index < -0.39 is 9.84 Å². The molecule has 1 aromatic rings. The van der Waals surface area contributed by atoms with Crippen LogP contribution in [-0.4, -0.2) is 19.7 Å². The summed E-state index contributed by atoms with van der Waals surface area (Å²) >= 11 is 0. The molecule has 0 unspecified atom stereocenters. The third-order valence-electron chi connectivity index (χ3n) is 3.91. The maximum absolute atomic E-state index is 11.8. The van der Waals surface area contributed by atoms with Crippen LogP contribution in [0.15, 0.2) is 23.1 Å². The number of rotatable bonds is 3. The van der Waals surface area contributed by atoms with Crippen LogP contribution in [-0.2, 0) is 22.7 Å². The zero-order chi connectivity index (χ0) is 12.1. The summed E-state index contributed by atoms with van der Waals surface area (Å²) in [6, 6.07) is 5.86. The van der Waals surface area contributed by atoms with E-state index in [-0.39, 0.29) is 11.3 Å². The molecule has 0 radical (unpaired) electrons. The van der Waals surface area contributed by atoms with Gasteiger partial charge in [-0.05, 0) is 49.3 Å². The van der Waals surface area contributed by atoms with E-state index in [1.165, 1.54) is 0 Å². The number of aryl methyl sites for hydroxylation is 2. The Balaban J connectivity index is 1.83. The van der Waals surface area contributed by atoms with Gasteiger partial charge in [0.2, 0.25) is 0 Å². The second-order valence-corrected chi connectivity index (χ2v) is 7.45.